The van der Waals surface area contributed by atoms with Crippen molar-refractivity contribution in [2.45, 2.75) is 18.8 Å². The van der Waals surface area contributed by atoms with Crippen LogP contribution in [0.3, 0.4) is 0 Å². The van der Waals surface area contributed by atoms with Crippen molar-refractivity contribution in [3.8, 4) is 5.75 Å². The van der Waals surface area contributed by atoms with Gasteiger partial charge in [-0.15, -0.1) is 0 Å². The summed E-state index contributed by atoms with van der Waals surface area (Å²) in [6.07, 6.45) is 4.24. The average molecular weight is 254 g/mol. The molecule has 3 aromatic rings. The highest BCUT2D eigenvalue weighted by atomic mass is 16.5. The number of nitrogen functional groups attached to an aromatic ring is 1. The van der Waals surface area contributed by atoms with Crippen molar-refractivity contribution in [2.24, 2.45) is 0 Å². The normalized spacial score (nSPS) is 15.2. The third-order valence-corrected chi connectivity index (χ3v) is 3.79. The molecule has 0 atom stereocenters. The summed E-state index contributed by atoms with van der Waals surface area (Å²) in [6.45, 7) is 0. The summed E-state index contributed by atoms with van der Waals surface area (Å²) in [4.78, 5) is 4.47. The van der Waals surface area contributed by atoms with E-state index in [9.17, 15) is 0 Å². The Hall–Kier alpha value is -2.30. The van der Waals surface area contributed by atoms with Crippen LogP contribution in [0.25, 0.3) is 21.8 Å². The Morgan fingerprint density at radius 2 is 2.21 bits per heavy atom. The van der Waals surface area contributed by atoms with Crippen LogP contribution in [-0.2, 0) is 0 Å². The zero-order chi connectivity index (χ0) is 13.0. The van der Waals surface area contributed by atoms with Gasteiger partial charge < -0.3 is 10.5 Å². The number of methoxy groups -OCH3 is 1. The molecular formula is C14H14N4O. The van der Waals surface area contributed by atoms with Crippen LogP contribution in [0, 0.1) is 0 Å². The molecule has 0 saturated heterocycles. The Bertz CT molecular complexity index is 789. The second-order valence-electron chi connectivity index (χ2n) is 5.01. The van der Waals surface area contributed by atoms with Crippen molar-refractivity contribution in [3.05, 3.63) is 23.9 Å². The Morgan fingerprint density at radius 3 is 2.95 bits per heavy atom. The van der Waals surface area contributed by atoms with Crippen LogP contribution in [0.4, 0.5) is 5.82 Å². The van der Waals surface area contributed by atoms with E-state index >= 15 is 0 Å². The molecular weight excluding hydrogens is 240 g/mol. The summed E-state index contributed by atoms with van der Waals surface area (Å²) < 4.78 is 5.52. The summed E-state index contributed by atoms with van der Waals surface area (Å²) in [5.41, 5.74) is 8.93. The fourth-order valence-electron chi connectivity index (χ4n) is 2.78. The van der Waals surface area contributed by atoms with Crippen molar-refractivity contribution >= 4 is 27.6 Å². The van der Waals surface area contributed by atoms with Gasteiger partial charge in [-0.3, -0.25) is 5.10 Å². The number of hydrogen-bond acceptors (Lipinski definition) is 4. The zero-order valence-electron chi connectivity index (χ0n) is 10.6. The van der Waals surface area contributed by atoms with Crippen LogP contribution >= 0.6 is 0 Å². The van der Waals surface area contributed by atoms with E-state index in [2.05, 4.69) is 15.2 Å². The maximum atomic E-state index is 5.97. The van der Waals surface area contributed by atoms with E-state index in [0.29, 0.717) is 11.7 Å². The molecule has 5 heteroatoms. The van der Waals surface area contributed by atoms with Crippen molar-refractivity contribution in [1.29, 1.82) is 0 Å². The standard InChI is InChI=1S/C14H14N4O/c1-19-10-5-4-9-12(11(10)7-2-3-7)8-6-16-18-13(8)14(15)17-9/h4-7H,2-3H2,1H3,(H2,15,17)(H,16,18). The van der Waals surface area contributed by atoms with E-state index in [1.54, 1.807) is 7.11 Å². The van der Waals surface area contributed by atoms with Gasteiger partial charge in [-0.05, 0) is 30.9 Å². The van der Waals surface area contributed by atoms with Gasteiger partial charge in [0.25, 0.3) is 0 Å². The number of nitrogens with two attached hydrogens (primary N) is 1. The Kier molecular flexibility index (Phi) is 2.01. The van der Waals surface area contributed by atoms with Gasteiger partial charge in [-0.2, -0.15) is 5.10 Å². The Balaban J connectivity index is 2.22. The van der Waals surface area contributed by atoms with Crippen molar-refractivity contribution in [1.82, 2.24) is 15.2 Å². The molecule has 0 bridgehead atoms. The molecule has 2 aromatic heterocycles. The first-order chi connectivity index (χ1) is 9.29. The van der Waals surface area contributed by atoms with Gasteiger partial charge in [0.15, 0.2) is 0 Å². The first kappa shape index (κ1) is 10.6. The highest BCUT2D eigenvalue weighted by molar-refractivity contribution is 6.10. The number of benzene rings is 1. The highest BCUT2D eigenvalue weighted by Gasteiger charge is 2.30. The van der Waals surface area contributed by atoms with Crippen molar-refractivity contribution in [2.75, 3.05) is 12.8 Å². The van der Waals surface area contributed by atoms with Gasteiger partial charge in [-0.1, -0.05) is 0 Å². The minimum Gasteiger partial charge on any atom is -0.496 e. The number of pyridine rings is 1. The number of H-pyrrole nitrogens is 1. The van der Waals surface area contributed by atoms with Gasteiger partial charge in [0.2, 0.25) is 0 Å². The van der Waals surface area contributed by atoms with Gasteiger partial charge in [0.05, 0.1) is 18.8 Å². The number of rotatable bonds is 2. The molecule has 0 aliphatic heterocycles. The molecule has 1 fully saturated rings. The van der Waals surface area contributed by atoms with Crippen molar-refractivity contribution in [3.63, 3.8) is 0 Å². The molecule has 1 aliphatic rings. The largest absolute Gasteiger partial charge is 0.496 e. The maximum Gasteiger partial charge on any atom is 0.150 e. The van der Waals surface area contributed by atoms with Crippen LogP contribution in [0.5, 0.6) is 5.75 Å². The first-order valence-electron chi connectivity index (χ1n) is 6.38. The SMILES string of the molecule is COc1ccc2nc(N)c3[nH]ncc3c2c1C1CC1. The molecule has 1 aromatic carbocycles. The summed E-state index contributed by atoms with van der Waals surface area (Å²) in [5, 5.41) is 9.18. The van der Waals surface area contributed by atoms with E-state index in [1.807, 2.05) is 18.3 Å². The predicted octanol–water partition coefficient (Wildman–Crippen LogP) is 2.58. The molecule has 96 valence electrons. The molecule has 19 heavy (non-hydrogen) atoms. The molecule has 4 rings (SSSR count). The van der Waals surface area contributed by atoms with E-state index in [4.69, 9.17) is 10.5 Å². The maximum absolute atomic E-state index is 5.97. The Labute approximate surface area is 109 Å². The molecule has 5 nitrogen and oxygen atoms in total. The van der Waals surface area contributed by atoms with Crippen LogP contribution in [0.15, 0.2) is 18.3 Å². The van der Waals surface area contributed by atoms with Gasteiger partial charge in [-0.25, -0.2) is 4.98 Å². The van der Waals surface area contributed by atoms with Crippen LogP contribution in [0.2, 0.25) is 0 Å². The van der Waals surface area contributed by atoms with E-state index in [0.717, 1.165) is 27.6 Å². The van der Waals surface area contributed by atoms with Crippen molar-refractivity contribution < 1.29 is 4.74 Å². The number of anilines is 1. The summed E-state index contributed by atoms with van der Waals surface area (Å²) in [6, 6.07) is 3.94. The van der Waals surface area contributed by atoms with E-state index in [1.165, 1.54) is 18.4 Å². The average Bonchev–Trinajstić information content (AvgIpc) is 3.13. The monoisotopic (exact) mass is 254 g/mol. The second-order valence-corrected chi connectivity index (χ2v) is 5.01. The molecule has 3 N–H and O–H groups in total. The molecule has 1 aliphatic carbocycles. The van der Waals surface area contributed by atoms with Crippen LogP contribution < -0.4 is 10.5 Å². The van der Waals surface area contributed by atoms with E-state index in [-0.39, 0.29) is 0 Å². The lowest BCUT2D eigenvalue weighted by atomic mass is 10.00. The second kappa shape index (κ2) is 3.60. The quantitative estimate of drug-likeness (QED) is 0.737. The smallest absolute Gasteiger partial charge is 0.150 e. The van der Waals surface area contributed by atoms with Crippen LogP contribution in [-0.4, -0.2) is 22.3 Å². The van der Waals surface area contributed by atoms with Gasteiger partial charge >= 0.3 is 0 Å². The molecule has 0 unspecified atom stereocenters. The Morgan fingerprint density at radius 1 is 1.37 bits per heavy atom. The zero-order valence-corrected chi connectivity index (χ0v) is 10.6. The van der Waals surface area contributed by atoms with Gasteiger partial charge in [0, 0.05) is 16.3 Å². The fourth-order valence-corrected chi connectivity index (χ4v) is 2.78. The number of aromatic nitrogens is 3. The number of hydrogen-bond donors (Lipinski definition) is 2. The number of aromatic amines is 1. The lowest BCUT2D eigenvalue weighted by Crippen LogP contribution is -1.97. The topological polar surface area (TPSA) is 76.8 Å². The highest BCUT2D eigenvalue weighted by Crippen LogP contribution is 2.48. The minimum absolute atomic E-state index is 0.493. The summed E-state index contributed by atoms with van der Waals surface area (Å²) in [7, 11) is 1.71. The first-order valence-corrected chi connectivity index (χ1v) is 6.38. The lowest BCUT2D eigenvalue weighted by Gasteiger charge is -2.12. The lowest BCUT2D eigenvalue weighted by molar-refractivity contribution is 0.410. The van der Waals surface area contributed by atoms with Gasteiger partial charge in [0.1, 0.15) is 17.1 Å². The third kappa shape index (κ3) is 1.41. The third-order valence-electron chi connectivity index (χ3n) is 3.79. The number of ether oxygens (including phenoxy) is 1. The molecule has 0 spiro atoms. The summed E-state index contributed by atoms with van der Waals surface area (Å²) in [5.74, 6) is 2.00. The minimum atomic E-state index is 0.493. The predicted molar refractivity (Wildman–Crippen MR) is 74.3 cm³/mol. The molecule has 0 amide bonds. The number of fused-ring (bicyclic) bond motifs is 3. The summed E-state index contributed by atoms with van der Waals surface area (Å²) >= 11 is 0. The fraction of sp³-hybridized carbons (Fsp3) is 0.286. The van der Waals surface area contributed by atoms with Crippen LogP contribution in [0.1, 0.15) is 24.3 Å². The number of nitrogens with one attached hydrogen (secondary N) is 1. The molecule has 1 saturated carbocycles. The molecule has 2 heterocycles. The number of nitrogens with zero attached hydrogens (tertiary/aromatic N) is 2. The molecule has 0 radical (unpaired) electrons. The van der Waals surface area contributed by atoms with E-state index < -0.39 is 0 Å².